The van der Waals surface area contributed by atoms with Gasteiger partial charge in [0.2, 0.25) is 0 Å². The highest BCUT2D eigenvalue weighted by molar-refractivity contribution is 6.30. The molecule has 1 saturated carbocycles. The van der Waals surface area contributed by atoms with Crippen LogP contribution in [0, 0.1) is 0 Å². The number of amides is 1. The molecule has 6 nitrogen and oxygen atoms in total. The van der Waals surface area contributed by atoms with Crippen LogP contribution < -0.4 is 14.8 Å². The van der Waals surface area contributed by atoms with Crippen LogP contribution in [0.25, 0.3) is 0 Å². The van der Waals surface area contributed by atoms with E-state index in [1.807, 2.05) is 0 Å². The maximum atomic E-state index is 12.1. The molecule has 28 heavy (non-hydrogen) atoms. The van der Waals surface area contributed by atoms with Crippen LogP contribution in [0.3, 0.4) is 0 Å². The highest BCUT2D eigenvalue weighted by Gasteiger charge is 2.42. The molecule has 1 fully saturated rings. The van der Waals surface area contributed by atoms with E-state index in [-0.39, 0.29) is 0 Å². The first kappa shape index (κ1) is 18.6. The van der Waals surface area contributed by atoms with E-state index in [0.717, 1.165) is 25.7 Å². The molecule has 0 saturated heterocycles. The Labute approximate surface area is 167 Å². The Balaban J connectivity index is 1.33. The molecule has 1 spiro atoms. The van der Waals surface area contributed by atoms with Gasteiger partial charge in [-0.1, -0.05) is 24.1 Å². The summed E-state index contributed by atoms with van der Waals surface area (Å²) in [6.45, 7) is -0.399. The van der Waals surface area contributed by atoms with Gasteiger partial charge in [0.05, 0.1) is 5.56 Å². The number of rotatable bonds is 4. The molecule has 2 aliphatic rings. The van der Waals surface area contributed by atoms with Crippen LogP contribution in [0.4, 0.5) is 5.69 Å². The summed E-state index contributed by atoms with van der Waals surface area (Å²) < 4.78 is 17.1. The minimum absolute atomic E-state index is 0.293. The fourth-order valence-electron chi connectivity index (χ4n) is 3.49. The Morgan fingerprint density at radius 3 is 2.61 bits per heavy atom. The number of anilines is 1. The van der Waals surface area contributed by atoms with Crippen molar-refractivity contribution < 1.29 is 23.8 Å². The van der Waals surface area contributed by atoms with Crippen molar-refractivity contribution in [2.75, 3.05) is 11.9 Å². The maximum Gasteiger partial charge on any atom is 0.338 e. The standard InChI is InChI=1S/C21H20ClNO5/c22-15-6-4-5-14(11-15)20(25)26-13-19(24)23-16-7-8-17-18(12-16)28-21(27-17)9-2-1-3-10-21/h4-8,11-12H,1-3,9-10,13H2,(H,23,24). The zero-order chi connectivity index (χ0) is 19.6. The molecular weight excluding hydrogens is 382 g/mol. The number of benzene rings is 2. The van der Waals surface area contributed by atoms with Crippen molar-refractivity contribution in [3.63, 3.8) is 0 Å². The average molecular weight is 402 g/mol. The molecule has 4 rings (SSSR count). The molecule has 1 amide bonds. The molecule has 0 radical (unpaired) electrons. The molecule has 1 heterocycles. The van der Waals surface area contributed by atoms with Crippen molar-refractivity contribution in [2.24, 2.45) is 0 Å². The number of halogens is 1. The molecule has 2 aromatic carbocycles. The number of carbonyl (C=O) groups excluding carboxylic acids is 2. The van der Waals surface area contributed by atoms with Crippen LogP contribution in [-0.4, -0.2) is 24.3 Å². The number of carbonyl (C=O) groups is 2. The normalized spacial score (nSPS) is 16.6. The van der Waals surface area contributed by atoms with Gasteiger partial charge in [0, 0.05) is 29.6 Å². The highest BCUT2D eigenvalue weighted by Crippen LogP contribution is 2.46. The van der Waals surface area contributed by atoms with Gasteiger partial charge < -0.3 is 19.5 Å². The number of esters is 1. The smallest absolute Gasteiger partial charge is 0.338 e. The number of nitrogens with one attached hydrogen (secondary N) is 1. The minimum Gasteiger partial charge on any atom is -0.452 e. The summed E-state index contributed by atoms with van der Waals surface area (Å²) in [7, 11) is 0. The van der Waals surface area contributed by atoms with Gasteiger partial charge in [0.25, 0.3) is 11.7 Å². The summed E-state index contributed by atoms with van der Waals surface area (Å²) in [5, 5.41) is 3.13. The fraction of sp³-hybridized carbons (Fsp3) is 0.333. The molecule has 0 unspecified atom stereocenters. The largest absolute Gasteiger partial charge is 0.452 e. The van der Waals surface area contributed by atoms with E-state index in [9.17, 15) is 9.59 Å². The first-order chi connectivity index (χ1) is 13.5. The van der Waals surface area contributed by atoms with Crippen LogP contribution in [0.2, 0.25) is 5.02 Å². The third-order valence-electron chi connectivity index (χ3n) is 4.83. The lowest BCUT2D eigenvalue weighted by molar-refractivity contribution is -0.119. The van der Waals surface area contributed by atoms with Gasteiger partial charge in [-0.05, 0) is 43.2 Å². The fourth-order valence-corrected chi connectivity index (χ4v) is 3.68. The van der Waals surface area contributed by atoms with E-state index in [2.05, 4.69) is 5.32 Å². The second kappa shape index (κ2) is 7.72. The lowest BCUT2D eigenvalue weighted by atomic mass is 9.94. The van der Waals surface area contributed by atoms with Crippen molar-refractivity contribution in [2.45, 2.75) is 37.9 Å². The predicted octanol–water partition coefficient (Wildman–Crippen LogP) is 4.57. The number of ether oxygens (including phenoxy) is 3. The van der Waals surface area contributed by atoms with Crippen molar-refractivity contribution >= 4 is 29.2 Å². The number of hydrogen-bond donors (Lipinski definition) is 1. The molecule has 0 aromatic heterocycles. The van der Waals surface area contributed by atoms with E-state index in [4.69, 9.17) is 25.8 Å². The van der Waals surface area contributed by atoms with Gasteiger partial charge in [-0.3, -0.25) is 4.79 Å². The molecule has 2 aromatic rings. The van der Waals surface area contributed by atoms with Crippen molar-refractivity contribution in [3.05, 3.63) is 53.1 Å². The molecule has 146 valence electrons. The Morgan fingerprint density at radius 2 is 1.82 bits per heavy atom. The Kier molecular flexibility index (Phi) is 5.13. The van der Waals surface area contributed by atoms with E-state index in [1.165, 1.54) is 12.5 Å². The zero-order valence-electron chi connectivity index (χ0n) is 15.2. The number of hydrogen-bond acceptors (Lipinski definition) is 5. The van der Waals surface area contributed by atoms with E-state index < -0.39 is 24.3 Å². The molecule has 0 bridgehead atoms. The lowest BCUT2D eigenvalue weighted by Crippen LogP contribution is -2.40. The van der Waals surface area contributed by atoms with Crippen molar-refractivity contribution in [1.29, 1.82) is 0 Å². The third kappa shape index (κ3) is 4.07. The van der Waals surface area contributed by atoms with Gasteiger partial charge >= 0.3 is 5.97 Å². The quantitative estimate of drug-likeness (QED) is 0.760. The molecule has 1 aliphatic heterocycles. The average Bonchev–Trinajstić information content (AvgIpc) is 3.03. The SMILES string of the molecule is O=C(COC(=O)c1cccc(Cl)c1)Nc1ccc2c(c1)OC1(CCCCC1)O2. The Hall–Kier alpha value is -2.73. The second-order valence-electron chi connectivity index (χ2n) is 6.97. The van der Waals surface area contributed by atoms with Gasteiger partial charge in [-0.15, -0.1) is 0 Å². The van der Waals surface area contributed by atoms with Crippen LogP contribution in [-0.2, 0) is 9.53 Å². The van der Waals surface area contributed by atoms with E-state index in [1.54, 1.807) is 36.4 Å². The molecule has 0 atom stereocenters. The molecule has 1 aliphatic carbocycles. The van der Waals surface area contributed by atoms with E-state index >= 15 is 0 Å². The molecule has 7 heteroatoms. The van der Waals surface area contributed by atoms with Crippen LogP contribution >= 0.6 is 11.6 Å². The van der Waals surface area contributed by atoms with Crippen LogP contribution in [0.5, 0.6) is 11.5 Å². The first-order valence-corrected chi connectivity index (χ1v) is 9.65. The van der Waals surface area contributed by atoms with Gasteiger partial charge in [-0.25, -0.2) is 4.79 Å². The Morgan fingerprint density at radius 1 is 1.04 bits per heavy atom. The zero-order valence-corrected chi connectivity index (χ0v) is 16.0. The third-order valence-corrected chi connectivity index (χ3v) is 5.06. The summed E-state index contributed by atoms with van der Waals surface area (Å²) in [6.07, 6.45) is 5.08. The summed E-state index contributed by atoms with van der Waals surface area (Å²) in [5.74, 6) is -0.303. The predicted molar refractivity (Wildman–Crippen MR) is 104 cm³/mol. The summed E-state index contributed by atoms with van der Waals surface area (Å²) >= 11 is 5.85. The van der Waals surface area contributed by atoms with Crippen LogP contribution in [0.1, 0.15) is 42.5 Å². The first-order valence-electron chi connectivity index (χ1n) is 9.28. The second-order valence-corrected chi connectivity index (χ2v) is 7.41. The number of fused-ring (bicyclic) bond motifs is 1. The van der Waals surface area contributed by atoms with E-state index in [0.29, 0.717) is 27.8 Å². The van der Waals surface area contributed by atoms with Gasteiger partial charge in [0.1, 0.15) is 0 Å². The maximum absolute atomic E-state index is 12.1. The topological polar surface area (TPSA) is 73.9 Å². The van der Waals surface area contributed by atoms with Crippen molar-refractivity contribution in [1.82, 2.24) is 0 Å². The monoisotopic (exact) mass is 401 g/mol. The highest BCUT2D eigenvalue weighted by atomic mass is 35.5. The minimum atomic E-state index is -0.609. The summed E-state index contributed by atoms with van der Waals surface area (Å²) in [5.41, 5.74) is 0.847. The van der Waals surface area contributed by atoms with Crippen LogP contribution in [0.15, 0.2) is 42.5 Å². The summed E-state index contributed by atoms with van der Waals surface area (Å²) in [4.78, 5) is 24.1. The van der Waals surface area contributed by atoms with Gasteiger partial charge in [-0.2, -0.15) is 0 Å². The van der Waals surface area contributed by atoms with Crippen molar-refractivity contribution in [3.8, 4) is 11.5 Å². The lowest BCUT2D eigenvalue weighted by Gasteiger charge is -2.31. The molecular formula is C21H20ClNO5. The van der Waals surface area contributed by atoms with Gasteiger partial charge in [0.15, 0.2) is 18.1 Å². The molecule has 1 N–H and O–H groups in total. The summed E-state index contributed by atoms with van der Waals surface area (Å²) in [6, 6.07) is 11.6. The Bertz CT molecular complexity index is 907.